The fourth-order valence-corrected chi connectivity index (χ4v) is 6.80. The zero-order valence-electron chi connectivity index (χ0n) is 23.8. The Hall–Kier alpha value is -5.20. The highest BCUT2D eigenvalue weighted by molar-refractivity contribution is 5.95. The Morgan fingerprint density at radius 1 is 0.500 bits per heavy atom. The van der Waals surface area contributed by atoms with Crippen molar-refractivity contribution in [2.75, 3.05) is 0 Å². The maximum atomic E-state index is 4.09. The van der Waals surface area contributed by atoms with Crippen molar-refractivity contribution in [3.05, 3.63) is 198 Å². The molecule has 1 spiro atoms. The van der Waals surface area contributed by atoms with Gasteiger partial charge >= 0.3 is 0 Å². The molecule has 0 radical (unpaired) electrons. The van der Waals surface area contributed by atoms with Gasteiger partial charge in [-0.3, -0.25) is 0 Å². The standard InChI is InChI=1S/C35H24.C7H8/c1-3-23(2)24-16-18-25(19-17-24)26-20-21-30-29-12-6-9-15-33(29)35(34(30)22-26)31-13-7-4-10-27(31)28-11-5-8-14-32(28)35;1-7-5-3-2-4-6-7/h3-22H,1-2H2;2-6H,1H3. The smallest absolute Gasteiger partial charge is 0.0725 e. The average Bonchev–Trinajstić information content (AvgIpc) is 3.52. The van der Waals surface area contributed by atoms with E-state index in [1.165, 1.54) is 61.2 Å². The molecule has 200 valence electrons. The molecule has 0 atom stereocenters. The normalized spacial score (nSPS) is 12.8. The molecule has 0 heterocycles. The molecule has 0 saturated carbocycles. The minimum atomic E-state index is -0.299. The third-order valence-electron chi connectivity index (χ3n) is 8.77. The molecule has 0 aliphatic heterocycles. The van der Waals surface area contributed by atoms with Crippen LogP contribution < -0.4 is 0 Å². The first-order chi connectivity index (χ1) is 20.6. The van der Waals surface area contributed by atoms with Crippen LogP contribution in [-0.2, 0) is 5.41 Å². The molecular weight excluding hydrogens is 504 g/mol. The lowest BCUT2D eigenvalue weighted by molar-refractivity contribution is 0.794. The molecule has 0 saturated heterocycles. The first kappa shape index (κ1) is 25.7. The summed E-state index contributed by atoms with van der Waals surface area (Å²) >= 11 is 0. The van der Waals surface area contributed by atoms with Gasteiger partial charge in [-0.2, -0.15) is 0 Å². The molecule has 0 heteroatoms. The number of benzene rings is 6. The van der Waals surface area contributed by atoms with Gasteiger partial charge in [-0.1, -0.05) is 164 Å². The van der Waals surface area contributed by atoms with Crippen molar-refractivity contribution in [2.24, 2.45) is 0 Å². The molecule has 0 aromatic heterocycles. The summed E-state index contributed by atoms with van der Waals surface area (Å²) in [4.78, 5) is 0. The van der Waals surface area contributed by atoms with Gasteiger partial charge in [0.05, 0.1) is 5.41 Å². The quantitative estimate of drug-likeness (QED) is 0.197. The predicted octanol–water partition coefficient (Wildman–Crippen LogP) is 10.9. The van der Waals surface area contributed by atoms with Crippen molar-refractivity contribution in [3.8, 4) is 33.4 Å². The summed E-state index contributed by atoms with van der Waals surface area (Å²) in [6, 6.07) is 52.7. The summed E-state index contributed by atoms with van der Waals surface area (Å²) in [6.07, 6.45) is 1.81. The van der Waals surface area contributed by atoms with Crippen molar-refractivity contribution in [2.45, 2.75) is 12.3 Å². The third kappa shape index (κ3) is 3.91. The Morgan fingerprint density at radius 2 is 0.952 bits per heavy atom. The number of aryl methyl sites for hydroxylation is 1. The van der Waals surface area contributed by atoms with Crippen molar-refractivity contribution < 1.29 is 0 Å². The van der Waals surface area contributed by atoms with Crippen LogP contribution in [0.1, 0.15) is 33.4 Å². The van der Waals surface area contributed by atoms with E-state index in [0.29, 0.717) is 0 Å². The van der Waals surface area contributed by atoms with E-state index < -0.39 is 0 Å². The van der Waals surface area contributed by atoms with Gasteiger partial charge in [0, 0.05) is 0 Å². The second-order valence-electron chi connectivity index (χ2n) is 11.1. The summed E-state index contributed by atoms with van der Waals surface area (Å²) < 4.78 is 0. The summed E-state index contributed by atoms with van der Waals surface area (Å²) in [5.74, 6) is 0. The fraction of sp³-hybridized carbons (Fsp3) is 0.0476. The molecule has 8 rings (SSSR count). The summed E-state index contributed by atoms with van der Waals surface area (Å²) in [7, 11) is 0. The molecule has 2 aliphatic carbocycles. The van der Waals surface area contributed by atoms with E-state index in [9.17, 15) is 0 Å². The van der Waals surface area contributed by atoms with E-state index in [4.69, 9.17) is 0 Å². The fourth-order valence-electron chi connectivity index (χ4n) is 6.80. The van der Waals surface area contributed by atoms with Crippen LogP contribution in [0.4, 0.5) is 0 Å². The maximum absolute atomic E-state index is 4.09. The van der Waals surface area contributed by atoms with E-state index in [1.807, 2.05) is 18.2 Å². The Labute approximate surface area is 249 Å². The van der Waals surface area contributed by atoms with Gasteiger partial charge < -0.3 is 0 Å². The Kier molecular flexibility index (Phi) is 6.33. The minimum absolute atomic E-state index is 0.299. The number of allylic oxidation sites excluding steroid dienone is 2. The van der Waals surface area contributed by atoms with E-state index in [-0.39, 0.29) is 5.41 Å². The van der Waals surface area contributed by atoms with Gasteiger partial charge in [0.2, 0.25) is 0 Å². The number of hydrogen-bond acceptors (Lipinski definition) is 0. The van der Waals surface area contributed by atoms with Crippen LogP contribution >= 0.6 is 0 Å². The Balaban J connectivity index is 0.000000363. The molecule has 0 amide bonds. The van der Waals surface area contributed by atoms with Crippen molar-refractivity contribution in [3.63, 3.8) is 0 Å². The average molecular weight is 537 g/mol. The molecule has 0 fully saturated rings. The maximum Gasteiger partial charge on any atom is 0.0725 e. The number of hydrogen-bond donors (Lipinski definition) is 0. The lowest BCUT2D eigenvalue weighted by atomic mass is 9.70. The molecule has 6 aromatic rings. The number of fused-ring (bicyclic) bond motifs is 10. The zero-order valence-corrected chi connectivity index (χ0v) is 23.8. The Morgan fingerprint density at radius 3 is 1.43 bits per heavy atom. The number of rotatable bonds is 3. The molecule has 6 aromatic carbocycles. The lowest BCUT2D eigenvalue weighted by Gasteiger charge is -2.30. The zero-order chi connectivity index (χ0) is 28.7. The largest absolute Gasteiger partial charge is 0.0985 e. The first-order valence-electron chi connectivity index (χ1n) is 14.5. The third-order valence-corrected chi connectivity index (χ3v) is 8.77. The van der Waals surface area contributed by atoms with Crippen LogP contribution in [0, 0.1) is 6.92 Å². The topological polar surface area (TPSA) is 0 Å². The second-order valence-corrected chi connectivity index (χ2v) is 11.1. The van der Waals surface area contributed by atoms with E-state index >= 15 is 0 Å². The van der Waals surface area contributed by atoms with E-state index in [0.717, 1.165) is 11.1 Å². The molecule has 0 unspecified atom stereocenters. The van der Waals surface area contributed by atoms with Gasteiger partial charge in [-0.05, 0) is 79.8 Å². The summed E-state index contributed by atoms with van der Waals surface area (Å²) in [5.41, 5.74) is 16.3. The highest BCUT2D eigenvalue weighted by Crippen LogP contribution is 2.62. The molecule has 0 nitrogen and oxygen atoms in total. The van der Waals surface area contributed by atoms with Crippen LogP contribution in [0.25, 0.3) is 39.0 Å². The van der Waals surface area contributed by atoms with Crippen molar-refractivity contribution in [1.82, 2.24) is 0 Å². The van der Waals surface area contributed by atoms with Gasteiger partial charge in [0.25, 0.3) is 0 Å². The van der Waals surface area contributed by atoms with Gasteiger partial charge in [0.15, 0.2) is 0 Å². The Bertz CT molecular complexity index is 1890. The van der Waals surface area contributed by atoms with Crippen molar-refractivity contribution in [1.29, 1.82) is 0 Å². The monoisotopic (exact) mass is 536 g/mol. The van der Waals surface area contributed by atoms with E-state index in [2.05, 4.69) is 147 Å². The molecule has 0 N–H and O–H groups in total. The molecule has 42 heavy (non-hydrogen) atoms. The van der Waals surface area contributed by atoms with Crippen LogP contribution in [-0.4, -0.2) is 0 Å². The highest BCUT2D eigenvalue weighted by Gasteiger charge is 2.51. The van der Waals surface area contributed by atoms with Gasteiger partial charge in [0.1, 0.15) is 0 Å². The van der Waals surface area contributed by atoms with Crippen LogP contribution in [0.5, 0.6) is 0 Å². The molecule has 2 aliphatic rings. The molecule has 0 bridgehead atoms. The SMILES string of the molecule is C=CC(=C)c1ccc(-c2ccc3c(c2)C2(c4ccccc4-c4ccccc42)c2ccccc2-3)cc1.Cc1ccccc1. The van der Waals surface area contributed by atoms with Gasteiger partial charge in [-0.25, -0.2) is 0 Å². The summed E-state index contributed by atoms with van der Waals surface area (Å²) in [6.45, 7) is 10.0. The minimum Gasteiger partial charge on any atom is -0.0985 e. The van der Waals surface area contributed by atoms with Crippen molar-refractivity contribution >= 4 is 5.57 Å². The van der Waals surface area contributed by atoms with E-state index in [1.54, 1.807) is 6.08 Å². The molecular formula is C42H32. The highest BCUT2D eigenvalue weighted by atomic mass is 14.5. The first-order valence-corrected chi connectivity index (χ1v) is 14.5. The van der Waals surface area contributed by atoms with Crippen LogP contribution in [0.2, 0.25) is 0 Å². The van der Waals surface area contributed by atoms with Crippen LogP contribution in [0.3, 0.4) is 0 Å². The lowest BCUT2D eigenvalue weighted by Crippen LogP contribution is -2.25. The predicted molar refractivity (Wildman–Crippen MR) is 179 cm³/mol. The summed E-state index contributed by atoms with van der Waals surface area (Å²) in [5, 5.41) is 0. The second kappa shape index (κ2) is 10.3. The van der Waals surface area contributed by atoms with Gasteiger partial charge in [-0.15, -0.1) is 0 Å². The van der Waals surface area contributed by atoms with Crippen LogP contribution in [0.15, 0.2) is 165 Å².